The Balaban J connectivity index is 1.60. The Morgan fingerprint density at radius 2 is 1.92 bits per heavy atom. The number of aryl methyl sites for hydroxylation is 2. The summed E-state index contributed by atoms with van der Waals surface area (Å²) in [6.45, 7) is 1.76. The molecule has 0 bridgehead atoms. The van der Waals surface area contributed by atoms with Crippen LogP contribution in [-0.2, 0) is 16.6 Å². The van der Waals surface area contributed by atoms with Crippen molar-refractivity contribution in [1.82, 2.24) is 15.1 Å². The molecule has 0 saturated heterocycles. The van der Waals surface area contributed by atoms with Crippen molar-refractivity contribution in [3.63, 3.8) is 0 Å². The van der Waals surface area contributed by atoms with Crippen molar-refractivity contribution >= 4 is 17.6 Å². The molecule has 1 aromatic heterocycles. The molecular weight excluding hydrogens is 318 g/mol. The standard InChI is InChI=1S/C16H16F2N4O2/c1-8-6-13(22(2)21-8)20-16(24)15(23)19-12-7-9(12)14-10(17)4-3-5-11(14)18/h3-6,9,12H,7H2,1-2H3,(H,19,23)(H,20,24). The van der Waals surface area contributed by atoms with Crippen LogP contribution in [0.15, 0.2) is 24.3 Å². The fourth-order valence-corrected chi connectivity index (χ4v) is 2.67. The SMILES string of the molecule is Cc1cc(NC(=O)C(=O)NC2CC2c2c(F)cccc2F)n(C)n1. The normalized spacial score (nSPS) is 19.0. The zero-order valence-corrected chi connectivity index (χ0v) is 13.1. The molecule has 6 nitrogen and oxygen atoms in total. The summed E-state index contributed by atoms with van der Waals surface area (Å²) in [5.74, 6) is -3.06. The highest BCUT2D eigenvalue weighted by Gasteiger charge is 2.43. The van der Waals surface area contributed by atoms with Crippen LogP contribution in [0.2, 0.25) is 0 Å². The van der Waals surface area contributed by atoms with Gasteiger partial charge in [-0.3, -0.25) is 14.3 Å². The van der Waals surface area contributed by atoms with E-state index in [0.29, 0.717) is 17.9 Å². The van der Waals surface area contributed by atoms with Gasteiger partial charge in [0.05, 0.1) is 5.69 Å². The fourth-order valence-electron chi connectivity index (χ4n) is 2.67. The van der Waals surface area contributed by atoms with Crippen LogP contribution in [0.1, 0.15) is 23.6 Å². The second-order valence-corrected chi connectivity index (χ2v) is 5.81. The Hall–Kier alpha value is -2.77. The molecule has 1 fully saturated rings. The summed E-state index contributed by atoms with van der Waals surface area (Å²) in [6, 6.07) is 4.80. The van der Waals surface area contributed by atoms with Gasteiger partial charge in [0, 0.05) is 30.6 Å². The highest BCUT2D eigenvalue weighted by Crippen LogP contribution is 2.43. The van der Waals surface area contributed by atoms with Gasteiger partial charge in [-0.1, -0.05) is 6.07 Å². The minimum absolute atomic E-state index is 0.0505. The van der Waals surface area contributed by atoms with Crippen LogP contribution in [0.4, 0.5) is 14.6 Å². The van der Waals surface area contributed by atoms with Gasteiger partial charge in [-0.2, -0.15) is 5.10 Å². The van der Waals surface area contributed by atoms with Crippen LogP contribution in [-0.4, -0.2) is 27.6 Å². The fraction of sp³-hybridized carbons (Fsp3) is 0.312. The number of halogens is 2. The topological polar surface area (TPSA) is 76.0 Å². The third kappa shape index (κ3) is 3.12. The number of amides is 2. The molecule has 1 aliphatic carbocycles. The summed E-state index contributed by atoms with van der Waals surface area (Å²) < 4.78 is 28.8. The number of nitrogens with zero attached hydrogens (tertiary/aromatic N) is 2. The Morgan fingerprint density at radius 3 is 2.50 bits per heavy atom. The number of aromatic nitrogens is 2. The van der Waals surface area contributed by atoms with Crippen molar-refractivity contribution in [2.24, 2.45) is 7.05 Å². The summed E-state index contributed by atoms with van der Waals surface area (Å²) in [7, 11) is 1.64. The van der Waals surface area contributed by atoms with Gasteiger partial charge in [0.25, 0.3) is 0 Å². The molecule has 0 spiro atoms. The third-order valence-electron chi connectivity index (χ3n) is 3.93. The second kappa shape index (κ2) is 6.03. The van der Waals surface area contributed by atoms with E-state index in [1.807, 2.05) is 0 Å². The molecule has 2 aromatic rings. The van der Waals surface area contributed by atoms with E-state index in [2.05, 4.69) is 15.7 Å². The van der Waals surface area contributed by atoms with Crippen LogP contribution in [0, 0.1) is 18.6 Å². The molecule has 1 saturated carbocycles. The lowest BCUT2D eigenvalue weighted by Crippen LogP contribution is -2.37. The molecule has 2 N–H and O–H groups in total. The lowest BCUT2D eigenvalue weighted by Gasteiger charge is -2.07. The lowest BCUT2D eigenvalue weighted by atomic mass is 10.1. The Morgan fingerprint density at radius 1 is 1.25 bits per heavy atom. The Labute approximate surface area is 136 Å². The monoisotopic (exact) mass is 334 g/mol. The average molecular weight is 334 g/mol. The first-order chi connectivity index (χ1) is 11.4. The summed E-state index contributed by atoms with van der Waals surface area (Å²) >= 11 is 0. The van der Waals surface area contributed by atoms with Crippen LogP contribution >= 0.6 is 0 Å². The van der Waals surface area contributed by atoms with Crippen molar-refractivity contribution < 1.29 is 18.4 Å². The zero-order chi connectivity index (χ0) is 17.4. The number of benzene rings is 1. The predicted molar refractivity (Wildman–Crippen MR) is 82.2 cm³/mol. The highest BCUT2D eigenvalue weighted by molar-refractivity contribution is 6.39. The zero-order valence-electron chi connectivity index (χ0n) is 13.1. The molecule has 24 heavy (non-hydrogen) atoms. The smallest absolute Gasteiger partial charge is 0.314 e. The van der Waals surface area contributed by atoms with Crippen LogP contribution in [0.25, 0.3) is 0 Å². The number of hydrogen-bond donors (Lipinski definition) is 2. The number of nitrogens with one attached hydrogen (secondary N) is 2. The summed E-state index contributed by atoms with van der Waals surface area (Å²) in [4.78, 5) is 23.8. The molecule has 2 amide bonds. The van der Waals surface area contributed by atoms with Crippen molar-refractivity contribution in [3.8, 4) is 0 Å². The van der Waals surface area contributed by atoms with Crippen LogP contribution < -0.4 is 10.6 Å². The Bertz CT molecular complexity index is 798. The van der Waals surface area contributed by atoms with Gasteiger partial charge in [-0.15, -0.1) is 0 Å². The van der Waals surface area contributed by atoms with E-state index in [0.717, 1.165) is 0 Å². The van der Waals surface area contributed by atoms with Crippen molar-refractivity contribution in [3.05, 3.63) is 47.2 Å². The second-order valence-electron chi connectivity index (χ2n) is 5.81. The minimum atomic E-state index is -0.849. The average Bonchev–Trinajstić information content (AvgIpc) is 3.16. The lowest BCUT2D eigenvalue weighted by molar-refractivity contribution is -0.136. The van der Waals surface area contributed by atoms with Crippen molar-refractivity contribution in [2.75, 3.05) is 5.32 Å². The molecule has 1 aliphatic rings. The molecule has 126 valence electrons. The van der Waals surface area contributed by atoms with E-state index in [1.165, 1.54) is 22.9 Å². The van der Waals surface area contributed by atoms with E-state index in [4.69, 9.17) is 0 Å². The van der Waals surface area contributed by atoms with E-state index in [1.54, 1.807) is 20.0 Å². The maximum atomic E-state index is 13.7. The predicted octanol–water partition coefficient (Wildman–Crippen LogP) is 1.62. The number of carbonyl (C=O) groups excluding carboxylic acids is 2. The van der Waals surface area contributed by atoms with Crippen molar-refractivity contribution in [2.45, 2.75) is 25.3 Å². The molecule has 0 aliphatic heterocycles. The molecule has 1 heterocycles. The van der Waals surface area contributed by atoms with E-state index in [9.17, 15) is 18.4 Å². The maximum absolute atomic E-state index is 13.7. The van der Waals surface area contributed by atoms with Crippen LogP contribution in [0.3, 0.4) is 0 Å². The first-order valence-corrected chi connectivity index (χ1v) is 7.43. The van der Waals surface area contributed by atoms with E-state index >= 15 is 0 Å². The Kier molecular flexibility index (Phi) is 4.04. The van der Waals surface area contributed by atoms with Gasteiger partial charge < -0.3 is 10.6 Å². The molecular formula is C16H16F2N4O2. The first-order valence-electron chi connectivity index (χ1n) is 7.43. The molecule has 0 radical (unpaired) electrons. The molecule has 2 unspecified atom stereocenters. The molecule has 8 heteroatoms. The summed E-state index contributed by atoms with van der Waals surface area (Å²) in [5, 5.41) is 8.99. The number of rotatable bonds is 3. The third-order valence-corrected chi connectivity index (χ3v) is 3.93. The maximum Gasteiger partial charge on any atom is 0.314 e. The first kappa shape index (κ1) is 16.1. The number of hydrogen-bond acceptors (Lipinski definition) is 3. The number of anilines is 1. The largest absolute Gasteiger partial charge is 0.344 e. The number of carbonyl (C=O) groups is 2. The van der Waals surface area contributed by atoms with E-state index in [-0.39, 0.29) is 5.56 Å². The molecule has 1 aromatic carbocycles. The quantitative estimate of drug-likeness (QED) is 0.838. The summed E-state index contributed by atoms with van der Waals surface area (Å²) in [5.41, 5.74) is 0.649. The summed E-state index contributed by atoms with van der Waals surface area (Å²) in [6.07, 6.45) is 0.391. The van der Waals surface area contributed by atoms with Gasteiger partial charge in [-0.25, -0.2) is 8.78 Å². The molecule has 2 atom stereocenters. The van der Waals surface area contributed by atoms with Crippen molar-refractivity contribution in [1.29, 1.82) is 0 Å². The van der Waals surface area contributed by atoms with Gasteiger partial charge in [0.2, 0.25) is 0 Å². The van der Waals surface area contributed by atoms with E-state index < -0.39 is 35.4 Å². The van der Waals surface area contributed by atoms with Gasteiger partial charge in [0.15, 0.2) is 0 Å². The van der Waals surface area contributed by atoms with Gasteiger partial charge in [0.1, 0.15) is 17.5 Å². The van der Waals surface area contributed by atoms with Gasteiger partial charge >= 0.3 is 11.8 Å². The van der Waals surface area contributed by atoms with Gasteiger partial charge in [-0.05, 0) is 25.5 Å². The minimum Gasteiger partial charge on any atom is -0.344 e. The molecule has 3 rings (SSSR count). The highest BCUT2D eigenvalue weighted by atomic mass is 19.1. The van der Waals surface area contributed by atoms with Crippen LogP contribution in [0.5, 0.6) is 0 Å².